The Balaban J connectivity index is 0.00000441. The summed E-state index contributed by atoms with van der Waals surface area (Å²) in [4.78, 5) is 3.10. The maximum absolute atomic E-state index is 6.52. The van der Waals surface area contributed by atoms with Gasteiger partial charge < -0.3 is 8.95 Å². The number of hydrogen-bond acceptors (Lipinski definition) is 5. The molecule has 0 fully saturated rings. The van der Waals surface area contributed by atoms with Gasteiger partial charge in [0.25, 0.3) is 4.84 Å². The molecule has 0 aliphatic carbocycles. The molecule has 1 unspecified atom stereocenters. The van der Waals surface area contributed by atoms with E-state index >= 15 is 0 Å². The number of H-pyrrole nitrogens is 1. The van der Waals surface area contributed by atoms with E-state index < -0.39 is 14.0 Å². The van der Waals surface area contributed by atoms with E-state index in [0.29, 0.717) is 11.7 Å². The Bertz CT molecular complexity index is 525. The highest BCUT2D eigenvalue weighted by molar-refractivity contribution is 7.71. The van der Waals surface area contributed by atoms with Crippen molar-refractivity contribution in [2.24, 2.45) is 11.7 Å². The second-order valence-corrected chi connectivity index (χ2v) is 12.5. The molecule has 129 valence electrons. The number of hydrogen-bond donors (Lipinski definition) is 2. The third-order valence-corrected chi connectivity index (χ3v) is 8.57. The minimum absolute atomic E-state index is 0. The van der Waals surface area contributed by atoms with E-state index in [1.54, 1.807) is 0 Å². The third-order valence-electron chi connectivity index (χ3n) is 3.93. The van der Waals surface area contributed by atoms with Crippen molar-refractivity contribution in [1.29, 1.82) is 0 Å². The summed E-state index contributed by atoms with van der Waals surface area (Å²) in [6.45, 7) is 15.1. The molecular weight excluding hydrogens is 338 g/mol. The zero-order valence-corrected chi connectivity index (χ0v) is 17.2. The smallest absolute Gasteiger partial charge is 0.294 e. The largest absolute Gasteiger partial charge is 0.393 e. The molecule has 1 aromatic rings. The Morgan fingerprint density at radius 1 is 1.41 bits per heavy atom. The zero-order chi connectivity index (χ0) is 16.5. The molecule has 1 aromatic heterocycles. The van der Waals surface area contributed by atoms with Gasteiger partial charge in [0.15, 0.2) is 19.9 Å². The Morgan fingerprint density at radius 3 is 2.32 bits per heavy atom. The van der Waals surface area contributed by atoms with Gasteiger partial charge >= 0.3 is 0 Å². The van der Waals surface area contributed by atoms with Gasteiger partial charge in [0.1, 0.15) is 0 Å². The average Bonchev–Trinajstić information content (AvgIpc) is 2.72. The minimum atomic E-state index is -2.08. The Morgan fingerprint density at radius 2 is 1.95 bits per heavy atom. The SMILES string of the molecule is CC(C)C[CH]C(N)(O[Si](C)(C)C(C)(C)C)c1noc(=S)[nH]1.Cl. The molecule has 1 rings (SSSR count). The zero-order valence-electron chi connectivity index (χ0n) is 14.5. The van der Waals surface area contributed by atoms with Crippen molar-refractivity contribution in [1.82, 2.24) is 10.1 Å². The summed E-state index contributed by atoms with van der Waals surface area (Å²) in [6.07, 6.45) is 2.78. The number of aromatic amines is 1. The Hall–Kier alpha value is -0.213. The summed E-state index contributed by atoms with van der Waals surface area (Å²) in [6, 6.07) is 0. The van der Waals surface area contributed by atoms with Crippen molar-refractivity contribution >= 4 is 32.9 Å². The predicted molar refractivity (Wildman–Crippen MR) is 96.8 cm³/mol. The van der Waals surface area contributed by atoms with Crippen molar-refractivity contribution in [2.75, 3.05) is 0 Å². The fraction of sp³-hybridized carbons (Fsp3) is 0.786. The van der Waals surface area contributed by atoms with Crippen molar-refractivity contribution < 1.29 is 8.95 Å². The lowest BCUT2D eigenvalue weighted by Gasteiger charge is -2.42. The van der Waals surface area contributed by atoms with Crippen molar-refractivity contribution in [3.05, 3.63) is 17.1 Å². The maximum atomic E-state index is 6.52. The van der Waals surface area contributed by atoms with Crippen LogP contribution < -0.4 is 5.73 Å². The first-order chi connectivity index (χ1) is 9.37. The molecule has 0 aromatic carbocycles. The number of rotatable bonds is 6. The van der Waals surface area contributed by atoms with Crippen LogP contribution in [0, 0.1) is 17.2 Å². The van der Waals surface area contributed by atoms with E-state index in [9.17, 15) is 0 Å². The van der Waals surface area contributed by atoms with Gasteiger partial charge in [-0.05, 0) is 42.7 Å². The Labute approximate surface area is 145 Å². The quantitative estimate of drug-likeness (QED) is 0.439. The maximum Gasteiger partial charge on any atom is 0.294 e. The first kappa shape index (κ1) is 21.8. The van der Waals surface area contributed by atoms with E-state index in [-0.39, 0.29) is 22.3 Å². The standard InChI is InChI=1S/C14H28N3O2SSi.ClH/c1-10(2)8-9-14(15,11-16-12(20)18-17-11)19-21(6,7)13(3,4)5;/h9-10H,8,15H2,1-7H3,(H,16,17,20);1H. The highest BCUT2D eigenvalue weighted by atomic mass is 35.5. The molecule has 0 aliphatic heterocycles. The highest BCUT2D eigenvalue weighted by Gasteiger charge is 2.45. The fourth-order valence-corrected chi connectivity index (χ4v) is 3.04. The number of nitrogens with zero attached hydrogens (tertiary/aromatic N) is 1. The minimum Gasteiger partial charge on any atom is -0.393 e. The van der Waals surface area contributed by atoms with Crippen molar-refractivity contribution in [2.45, 2.75) is 64.9 Å². The van der Waals surface area contributed by atoms with E-state index in [0.717, 1.165) is 6.42 Å². The lowest BCUT2D eigenvalue weighted by atomic mass is 10.0. The van der Waals surface area contributed by atoms with E-state index in [2.05, 4.69) is 57.9 Å². The van der Waals surface area contributed by atoms with Gasteiger partial charge in [0, 0.05) is 6.42 Å². The van der Waals surface area contributed by atoms with Crippen LogP contribution in [-0.2, 0) is 10.2 Å². The van der Waals surface area contributed by atoms with E-state index in [1.165, 1.54) is 0 Å². The summed E-state index contributed by atoms with van der Waals surface area (Å²) < 4.78 is 11.4. The molecule has 8 heteroatoms. The number of halogens is 1. The van der Waals surface area contributed by atoms with Gasteiger partial charge in [-0.25, -0.2) is 0 Å². The molecule has 5 nitrogen and oxygen atoms in total. The molecule has 1 atom stereocenters. The number of nitrogens with two attached hydrogens (primary N) is 1. The monoisotopic (exact) mass is 366 g/mol. The van der Waals surface area contributed by atoms with Crippen LogP contribution in [0.1, 0.15) is 46.9 Å². The summed E-state index contributed by atoms with van der Waals surface area (Å²) in [7, 11) is -2.08. The van der Waals surface area contributed by atoms with Crippen LogP contribution in [-0.4, -0.2) is 18.5 Å². The molecule has 0 spiro atoms. The second kappa shape index (κ2) is 7.57. The van der Waals surface area contributed by atoms with Crippen LogP contribution in [0.15, 0.2) is 4.52 Å². The van der Waals surface area contributed by atoms with Crippen LogP contribution in [0.2, 0.25) is 18.1 Å². The highest BCUT2D eigenvalue weighted by Crippen LogP contribution is 2.41. The average molecular weight is 367 g/mol. The van der Waals surface area contributed by atoms with Gasteiger partial charge in [-0.15, -0.1) is 12.4 Å². The summed E-state index contributed by atoms with van der Waals surface area (Å²) >= 11 is 4.95. The van der Waals surface area contributed by atoms with Crippen LogP contribution >= 0.6 is 24.6 Å². The van der Waals surface area contributed by atoms with E-state index in [4.69, 9.17) is 26.9 Å². The summed E-state index contributed by atoms with van der Waals surface area (Å²) in [5.41, 5.74) is 5.42. The topological polar surface area (TPSA) is 77.1 Å². The second-order valence-electron chi connectivity index (χ2n) is 7.43. The molecule has 1 radical (unpaired) electrons. The number of aromatic nitrogens is 2. The Kier molecular flexibility index (Phi) is 7.50. The number of nitrogens with one attached hydrogen (secondary N) is 1. The molecular formula is C14H29ClN3O2SSi. The van der Waals surface area contributed by atoms with E-state index in [1.807, 2.05) is 6.42 Å². The van der Waals surface area contributed by atoms with Crippen LogP contribution in [0.25, 0.3) is 0 Å². The van der Waals surface area contributed by atoms with Crippen molar-refractivity contribution in [3.8, 4) is 0 Å². The molecule has 3 N–H and O–H groups in total. The molecule has 0 amide bonds. The molecule has 1 heterocycles. The van der Waals surface area contributed by atoms with Crippen molar-refractivity contribution in [3.63, 3.8) is 0 Å². The summed E-state index contributed by atoms with van der Waals surface area (Å²) in [5, 5.41) is 3.98. The molecule has 22 heavy (non-hydrogen) atoms. The van der Waals surface area contributed by atoms with Gasteiger partial charge in [0.05, 0.1) is 0 Å². The van der Waals surface area contributed by atoms with Crippen LogP contribution in [0.4, 0.5) is 0 Å². The van der Waals surface area contributed by atoms with Gasteiger partial charge in [0.2, 0.25) is 0 Å². The van der Waals surface area contributed by atoms with Gasteiger partial charge in [-0.2, -0.15) is 0 Å². The van der Waals surface area contributed by atoms with Crippen LogP contribution in [0.3, 0.4) is 0 Å². The third kappa shape index (κ3) is 5.45. The molecule has 0 saturated heterocycles. The lowest BCUT2D eigenvalue weighted by Crippen LogP contribution is -2.53. The van der Waals surface area contributed by atoms with Gasteiger partial charge in [-0.3, -0.25) is 10.7 Å². The van der Waals surface area contributed by atoms with Gasteiger partial charge in [-0.1, -0.05) is 39.8 Å². The fourth-order valence-electron chi connectivity index (χ4n) is 1.57. The summed E-state index contributed by atoms with van der Waals surface area (Å²) in [5.74, 6) is 0.906. The normalized spacial score (nSPS) is 15.5. The first-order valence-corrected chi connectivity index (χ1v) is 10.6. The van der Waals surface area contributed by atoms with Crippen LogP contribution in [0.5, 0.6) is 0 Å². The molecule has 0 saturated carbocycles. The lowest BCUT2D eigenvalue weighted by molar-refractivity contribution is 0.0729. The first-order valence-electron chi connectivity index (χ1n) is 7.27. The molecule has 0 aliphatic rings. The molecule has 0 bridgehead atoms. The predicted octanol–water partition coefficient (Wildman–Crippen LogP) is 4.54.